The molecule has 0 atom stereocenters. The Morgan fingerprint density at radius 2 is 1.95 bits per heavy atom. The van der Waals surface area contributed by atoms with E-state index in [9.17, 15) is 4.79 Å². The molecule has 0 N–H and O–H groups in total. The van der Waals surface area contributed by atoms with Crippen LogP contribution < -0.4 is 5.43 Å². The summed E-state index contributed by atoms with van der Waals surface area (Å²) in [6, 6.07) is 10.2. The largest absolute Gasteiger partial charge is 0.340 e. The van der Waals surface area contributed by atoms with E-state index in [4.69, 9.17) is 0 Å². The maximum Gasteiger partial charge on any atom is 0.190 e. The van der Waals surface area contributed by atoms with Gasteiger partial charge in [-0.05, 0) is 54.5 Å². The van der Waals surface area contributed by atoms with Crippen LogP contribution in [-0.4, -0.2) is 4.57 Å². The van der Waals surface area contributed by atoms with E-state index in [1.54, 1.807) is 17.4 Å². The number of aromatic nitrogens is 1. The first-order valence-corrected chi connectivity index (χ1v) is 8.62. The number of hydrogen-bond donors (Lipinski definition) is 0. The van der Waals surface area contributed by atoms with Crippen LogP contribution in [-0.2, 0) is 6.54 Å². The molecular weight excluding hydrogens is 290 g/mol. The van der Waals surface area contributed by atoms with E-state index >= 15 is 0 Å². The molecule has 114 valence electrons. The highest BCUT2D eigenvalue weighted by molar-refractivity contribution is 7.13. The first-order valence-electron chi connectivity index (χ1n) is 7.75. The van der Waals surface area contributed by atoms with Gasteiger partial charge in [0, 0.05) is 18.0 Å². The van der Waals surface area contributed by atoms with E-state index in [0.717, 1.165) is 23.1 Å². The van der Waals surface area contributed by atoms with Gasteiger partial charge in [0.2, 0.25) is 0 Å². The van der Waals surface area contributed by atoms with E-state index < -0.39 is 0 Å². The third kappa shape index (κ3) is 2.40. The second-order valence-electron chi connectivity index (χ2n) is 6.00. The summed E-state index contributed by atoms with van der Waals surface area (Å²) in [5.41, 5.74) is 4.62. The van der Waals surface area contributed by atoms with Crippen molar-refractivity contribution in [3.05, 3.63) is 57.1 Å². The number of nitrogens with zero attached hydrogens (tertiary/aromatic N) is 1. The molecule has 0 bridgehead atoms. The van der Waals surface area contributed by atoms with Gasteiger partial charge in [-0.15, -0.1) is 11.3 Å². The lowest BCUT2D eigenvalue weighted by Crippen LogP contribution is -2.11. The van der Waals surface area contributed by atoms with Gasteiger partial charge >= 0.3 is 0 Å². The van der Waals surface area contributed by atoms with E-state index in [1.807, 2.05) is 0 Å². The normalized spacial score (nSPS) is 11.5. The quantitative estimate of drug-likeness (QED) is 0.653. The van der Waals surface area contributed by atoms with E-state index in [1.165, 1.54) is 16.0 Å². The van der Waals surface area contributed by atoms with E-state index in [2.05, 4.69) is 61.9 Å². The van der Waals surface area contributed by atoms with Crippen LogP contribution in [0, 0.1) is 6.92 Å². The van der Waals surface area contributed by atoms with Crippen LogP contribution in [0.2, 0.25) is 0 Å². The second kappa shape index (κ2) is 5.73. The van der Waals surface area contributed by atoms with Gasteiger partial charge in [0.15, 0.2) is 5.43 Å². The lowest BCUT2D eigenvalue weighted by atomic mass is 10.0. The Balaban J connectivity index is 2.36. The monoisotopic (exact) mass is 311 g/mol. The Labute approximate surface area is 135 Å². The molecule has 0 fully saturated rings. The lowest BCUT2D eigenvalue weighted by molar-refractivity contribution is 0.796. The first kappa shape index (κ1) is 15.0. The number of benzene rings is 1. The summed E-state index contributed by atoms with van der Waals surface area (Å²) >= 11 is 1.70. The third-order valence-electron chi connectivity index (χ3n) is 4.21. The Morgan fingerprint density at radius 1 is 1.18 bits per heavy atom. The van der Waals surface area contributed by atoms with Crippen LogP contribution in [0.1, 0.15) is 37.8 Å². The molecule has 0 radical (unpaired) electrons. The Hall–Kier alpha value is -1.87. The molecule has 0 aliphatic carbocycles. The Kier molecular flexibility index (Phi) is 3.92. The van der Waals surface area contributed by atoms with Crippen molar-refractivity contribution in [1.82, 2.24) is 4.57 Å². The van der Waals surface area contributed by atoms with Crippen LogP contribution in [0.4, 0.5) is 0 Å². The predicted molar refractivity (Wildman–Crippen MR) is 96.0 cm³/mol. The molecule has 2 heterocycles. The average Bonchev–Trinajstić information content (AvgIpc) is 2.92. The van der Waals surface area contributed by atoms with Gasteiger partial charge in [-0.2, -0.15) is 0 Å². The van der Waals surface area contributed by atoms with Crippen molar-refractivity contribution < 1.29 is 0 Å². The van der Waals surface area contributed by atoms with Gasteiger partial charge in [0.05, 0.1) is 16.1 Å². The summed E-state index contributed by atoms with van der Waals surface area (Å²) in [5, 5.41) is 2.91. The summed E-state index contributed by atoms with van der Waals surface area (Å²) in [5.74, 6) is 0.429. The molecule has 0 saturated heterocycles. The maximum absolute atomic E-state index is 12.6. The van der Waals surface area contributed by atoms with Gasteiger partial charge in [-0.1, -0.05) is 19.9 Å². The van der Waals surface area contributed by atoms with Crippen molar-refractivity contribution in [2.75, 3.05) is 0 Å². The summed E-state index contributed by atoms with van der Waals surface area (Å²) in [6.07, 6.45) is 0. The minimum Gasteiger partial charge on any atom is -0.340 e. The molecule has 3 aromatic rings. The first-order chi connectivity index (χ1) is 10.5. The highest BCUT2D eigenvalue weighted by Crippen LogP contribution is 2.31. The molecule has 0 aliphatic heterocycles. The van der Waals surface area contributed by atoms with Crippen LogP contribution >= 0.6 is 11.3 Å². The topological polar surface area (TPSA) is 22.0 Å². The van der Waals surface area contributed by atoms with Gasteiger partial charge in [0.1, 0.15) is 0 Å². The van der Waals surface area contributed by atoms with Gasteiger partial charge in [-0.25, -0.2) is 0 Å². The van der Waals surface area contributed by atoms with Crippen molar-refractivity contribution in [3.63, 3.8) is 0 Å². The fourth-order valence-corrected chi connectivity index (χ4v) is 3.87. The number of aryl methyl sites for hydroxylation is 2. The molecule has 0 spiro atoms. The molecule has 2 nitrogen and oxygen atoms in total. The summed E-state index contributed by atoms with van der Waals surface area (Å²) in [7, 11) is 0. The minimum atomic E-state index is 0.116. The number of hydrogen-bond acceptors (Lipinski definition) is 2. The Bertz CT molecular complexity index is 886. The number of thiophene rings is 1. The van der Waals surface area contributed by atoms with Crippen LogP contribution in [0.25, 0.3) is 21.5 Å². The highest BCUT2D eigenvalue weighted by atomic mass is 32.1. The van der Waals surface area contributed by atoms with Crippen molar-refractivity contribution in [2.45, 2.75) is 40.2 Å². The van der Waals surface area contributed by atoms with Gasteiger partial charge in [-0.3, -0.25) is 4.79 Å². The molecule has 0 amide bonds. The van der Waals surface area contributed by atoms with Crippen LogP contribution in [0.5, 0.6) is 0 Å². The molecule has 0 saturated carbocycles. The minimum absolute atomic E-state index is 0.116. The molecule has 22 heavy (non-hydrogen) atoms. The van der Waals surface area contributed by atoms with Crippen molar-refractivity contribution in [3.8, 4) is 10.6 Å². The predicted octanol–water partition coefficient (Wildman–Crippen LogP) is 5.18. The summed E-state index contributed by atoms with van der Waals surface area (Å²) < 4.78 is 2.25. The fraction of sp³-hybridized carbons (Fsp3) is 0.316. The second-order valence-corrected chi connectivity index (χ2v) is 6.92. The van der Waals surface area contributed by atoms with Crippen molar-refractivity contribution >= 4 is 22.2 Å². The average molecular weight is 311 g/mol. The molecule has 3 heteroatoms. The van der Waals surface area contributed by atoms with Crippen LogP contribution in [0.15, 0.2) is 40.5 Å². The zero-order chi connectivity index (χ0) is 15.9. The fourth-order valence-electron chi connectivity index (χ4n) is 2.92. The molecule has 0 unspecified atom stereocenters. The van der Waals surface area contributed by atoms with E-state index in [0.29, 0.717) is 5.92 Å². The van der Waals surface area contributed by atoms with Gasteiger partial charge in [0.25, 0.3) is 0 Å². The number of rotatable bonds is 3. The van der Waals surface area contributed by atoms with Crippen molar-refractivity contribution in [2.24, 2.45) is 0 Å². The molecule has 3 rings (SSSR count). The Morgan fingerprint density at radius 3 is 2.55 bits per heavy atom. The highest BCUT2D eigenvalue weighted by Gasteiger charge is 2.13. The number of fused-ring (bicyclic) bond motifs is 1. The maximum atomic E-state index is 12.6. The lowest BCUT2D eigenvalue weighted by Gasteiger charge is -2.16. The summed E-state index contributed by atoms with van der Waals surface area (Å²) in [6.45, 7) is 9.39. The molecule has 0 aliphatic rings. The molecule has 1 aromatic carbocycles. The molecule has 2 aromatic heterocycles. The summed E-state index contributed by atoms with van der Waals surface area (Å²) in [4.78, 5) is 13.8. The number of pyridine rings is 1. The molecular formula is C19H21NOS. The zero-order valence-electron chi connectivity index (χ0n) is 13.5. The smallest absolute Gasteiger partial charge is 0.190 e. The van der Waals surface area contributed by atoms with E-state index in [-0.39, 0.29) is 5.43 Å². The van der Waals surface area contributed by atoms with Crippen LogP contribution in [0.3, 0.4) is 0 Å². The standard InChI is InChI=1S/C19H21NOS/c1-5-20-16-7-6-14(12(2)3)10-15(16)18(21)11-17(20)19-13(4)8-9-22-19/h6-12H,5H2,1-4H3. The zero-order valence-corrected chi connectivity index (χ0v) is 14.3. The SMILES string of the molecule is CCn1c(-c2sccc2C)cc(=O)c2cc(C(C)C)ccc21. The third-order valence-corrected chi connectivity index (χ3v) is 5.25. The van der Waals surface area contributed by atoms with Crippen molar-refractivity contribution in [1.29, 1.82) is 0 Å². The van der Waals surface area contributed by atoms with Gasteiger partial charge < -0.3 is 4.57 Å².